The summed E-state index contributed by atoms with van der Waals surface area (Å²) in [5.41, 5.74) is 0.862. The van der Waals surface area contributed by atoms with Crippen molar-refractivity contribution in [2.24, 2.45) is 0 Å². The molecule has 0 aliphatic carbocycles. The van der Waals surface area contributed by atoms with Crippen molar-refractivity contribution in [1.29, 1.82) is 0 Å². The molecule has 1 amide bonds. The number of anilines is 3. The summed E-state index contributed by atoms with van der Waals surface area (Å²) < 4.78 is 5.19. The maximum absolute atomic E-state index is 12.4. The summed E-state index contributed by atoms with van der Waals surface area (Å²) in [6.07, 6.45) is 3.23. The van der Waals surface area contributed by atoms with Crippen molar-refractivity contribution < 1.29 is 9.21 Å². The number of nitrogens with one attached hydrogen (secondary N) is 1. The summed E-state index contributed by atoms with van der Waals surface area (Å²) in [6.45, 7) is 2.50. The molecule has 2 aromatic heterocycles. The maximum Gasteiger partial charge on any atom is 0.289 e. The number of piperazine rings is 1. The summed E-state index contributed by atoms with van der Waals surface area (Å²) >= 11 is 6.02. The van der Waals surface area contributed by atoms with Crippen LogP contribution in [0.2, 0.25) is 5.02 Å². The quantitative estimate of drug-likeness (QED) is 0.744. The molecule has 0 radical (unpaired) electrons. The Kier molecular flexibility index (Phi) is 4.93. The number of benzene rings is 1. The van der Waals surface area contributed by atoms with Gasteiger partial charge in [0.1, 0.15) is 5.82 Å². The minimum atomic E-state index is -0.0862. The molecule has 0 unspecified atom stereocenters. The highest BCUT2D eigenvalue weighted by Gasteiger charge is 2.24. The Balaban J connectivity index is 1.40. The molecule has 0 bridgehead atoms. The van der Waals surface area contributed by atoms with Gasteiger partial charge >= 0.3 is 0 Å². The van der Waals surface area contributed by atoms with Crippen LogP contribution >= 0.6 is 11.6 Å². The molecule has 3 aromatic rings. The van der Waals surface area contributed by atoms with Crippen LogP contribution in [0.1, 0.15) is 10.6 Å². The second-order valence-electron chi connectivity index (χ2n) is 6.13. The third-order valence-corrected chi connectivity index (χ3v) is 4.56. The summed E-state index contributed by atoms with van der Waals surface area (Å²) in [4.78, 5) is 25.1. The van der Waals surface area contributed by atoms with Crippen molar-refractivity contribution >= 4 is 35.0 Å². The highest BCUT2D eigenvalue weighted by atomic mass is 35.5. The van der Waals surface area contributed by atoms with Crippen LogP contribution in [0.5, 0.6) is 0 Å². The van der Waals surface area contributed by atoms with Gasteiger partial charge in [-0.3, -0.25) is 4.79 Å². The molecule has 8 heteroatoms. The SMILES string of the molecule is O=C(c1ccco1)N1CCN(c2nccc(Nc3cccc(Cl)c3)n2)CC1. The smallest absolute Gasteiger partial charge is 0.289 e. The molecule has 1 saturated heterocycles. The van der Waals surface area contributed by atoms with E-state index in [1.807, 2.05) is 24.3 Å². The van der Waals surface area contributed by atoms with Gasteiger partial charge in [-0.1, -0.05) is 17.7 Å². The molecule has 27 heavy (non-hydrogen) atoms. The van der Waals surface area contributed by atoms with Crippen LogP contribution in [-0.4, -0.2) is 47.0 Å². The minimum absolute atomic E-state index is 0.0862. The van der Waals surface area contributed by atoms with E-state index in [4.69, 9.17) is 16.0 Å². The van der Waals surface area contributed by atoms with E-state index in [0.717, 1.165) is 5.69 Å². The molecule has 1 fully saturated rings. The molecule has 0 atom stereocenters. The molecule has 1 aromatic carbocycles. The largest absolute Gasteiger partial charge is 0.459 e. The number of amides is 1. The van der Waals surface area contributed by atoms with Gasteiger partial charge < -0.3 is 19.5 Å². The second-order valence-corrected chi connectivity index (χ2v) is 6.57. The minimum Gasteiger partial charge on any atom is -0.459 e. The zero-order chi connectivity index (χ0) is 18.6. The number of rotatable bonds is 4. The first-order valence-corrected chi connectivity index (χ1v) is 9.00. The number of hydrogen-bond acceptors (Lipinski definition) is 6. The Bertz CT molecular complexity index is 923. The van der Waals surface area contributed by atoms with E-state index in [1.165, 1.54) is 6.26 Å². The number of carbonyl (C=O) groups is 1. The van der Waals surface area contributed by atoms with Gasteiger partial charge in [-0.05, 0) is 36.4 Å². The molecule has 1 aliphatic rings. The van der Waals surface area contributed by atoms with Gasteiger partial charge in [0.05, 0.1) is 6.26 Å². The maximum atomic E-state index is 12.4. The van der Waals surface area contributed by atoms with Crippen molar-refractivity contribution in [3.05, 3.63) is 65.7 Å². The predicted molar refractivity (Wildman–Crippen MR) is 104 cm³/mol. The van der Waals surface area contributed by atoms with Gasteiger partial charge in [0.15, 0.2) is 5.76 Å². The van der Waals surface area contributed by atoms with Crippen LogP contribution in [0.25, 0.3) is 0 Å². The average molecular weight is 384 g/mol. The van der Waals surface area contributed by atoms with Gasteiger partial charge in [-0.15, -0.1) is 0 Å². The Morgan fingerprint density at radius 2 is 1.96 bits per heavy atom. The summed E-state index contributed by atoms with van der Waals surface area (Å²) in [6, 6.07) is 12.7. The second kappa shape index (κ2) is 7.67. The zero-order valence-electron chi connectivity index (χ0n) is 14.5. The third-order valence-electron chi connectivity index (χ3n) is 4.32. The van der Waals surface area contributed by atoms with Crippen molar-refractivity contribution in [2.45, 2.75) is 0 Å². The molecule has 0 saturated carbocycles. The summed E-state index contributed by atoms with van der Waals surface area (Å²) in [7, 11) is 0. The van der Waals surface area contributed by atoms with E-state index < -0.39 is 0 Å². The highest BCUT2D eigenvalue weighted by molar-refractivity contribution is 6.30. The lowest BCUT2D eigenvalue weighted by Crippen LogP contribution is -2.49. The number of furan rings is 1. The van der Waals surface area contributed by atoms with E-state index >= 15 is 0 Å². The van der Waals surface area contributed by atoms with Crippen LogP contribution in [0.4, 0.5) is 17.5 Å². The summed E-state index contributed by atoms with van der Waals surface area (Å²) in [5, 5.41) is 3.89. The van der Waals surface area contributed by atoms with Crippen LogP contribution in [0.3, 0.4) is 0 Å². The van der Waals surface area contributed by atoms with E-state index in [2.05, 4.69) is 20.2 Å². The standard InChI is InChI=1S/C19H18ClN5O2/c20-14-3-1-4-15(13-14)22-17-6-7-21-19(23-17)25-10-8-24(9-11-25)18(26)16-5-2-12-27-16/h1-7,12-13H,8-11H2,(H,21,22,23). The lowest BCUT2D eigenvalue weighted by atomic mass is 10.3. The van der Waals surface area contributed by atoms with E-state index in [1.54, 1.807) is 29.3 Å². The normalized spacial score (nSPS) is 14.3. The van der Waals surface area contributed by atoms with Crippen molar-refractivity contribution in [1.82, 2.24) is 14.9 Å². The van der Waals surface area contributed by atoms with Gasteiger partial charge in [-0.2, -0.15) is 4.98 Å². The fraction of sp³-hybridized carbons (Fsp3) is 0.211. The third kappa shape index (κ3) is 4.03. The number of hydrogen-bond donors (Lipinski definition) is 1. The Hall–Kier alpha value is -3.06. The van der Waals surface area contributed by atoms with Crippen LogP contribution < -0.4 is 10.2 Å². The van der Waals surface area contributed by atoms with Crippen molar-refractivity contribution in [2.75, 3.05) is 36.4 Å². The molecule has 138 valence electrons. The number of nitrogens with zero attached hydrogens (tertiary/aromatic N) is 4. The Morgan fingerprint density at radius 1 is 1.11 bits per heavy atom. The van der Waals surface area contributed by atoms with Gasteiger partial charge in [0.2, 0.25) is 5.95 Å². The zero-order valence-corrected chi connectivity index (χ0v) is 15.3. The fourth-order valence-corrected chi connectivity index (χ4v) is 3.14. The number of aromatic nitrogens is 2. The topological polar surface area (TPSA) is 74.5 Å². The van der Waals surface area contributed by atoms with Gasteiger partial charge in [0, 0.05) is 43.1 Å². The highest BCUT2D eigenvalue weighted by Crippen LogP contribution is 2.20. The van der Waals surface area contributed by atoms with Crippen molar-refractivity contribution in [3.8, 4) is 0 Å². The Labute approximate surface area is 161 Å². The lowest BCUT2D eigenvalue weighted by molar-refractivity contribution is 0.0714. The molecule has 1 N–H and O–H groups in total. The predicted octanol–water partition coefficient (Wildman–Crippen LogP) is 3.43. The van der Waals surface area contributed by atoms with Crippen LogP contribution in [-0.2, 0) is 0 Å². The van der Waals surface area contributed by atoms with E-state index in [9.17, 15) is 4.79 Å². The van der Waals surface area contributed by atoms with Crippen LogP contribution in [0.15, 0.2) is 59.3 Å². The molecule has 1 aliphatic heterocycles. The molecule has 0 spiro atoms. The molecule has 3 heterocycles. The molecule has 4 rings (SSSR count). The first-order chi connectivity index (χ1) is 13.2. The first kappa shape index (κ1) is 17.4. The number of carbonyl (C=O) groups excluding carboxylic acids is 1. The Morgan fingerprint density at radius 3 is 2.70 bits per heavy atom. The van der Waals surface area contributed by atoms with Gasteiger partial charge in [-0.25, -0.2) is 4.98 Å². The molecular weight excluding hydrogens is 366 g/mol. The molecule has 7 nitrogen and oxygen atoms in total. The fourth-order valence-electron chi connectivity index (χ4n) is 2.95. The van der Waals surface area contributed by atoms with Gasteiger partial charge in [0.25, 0.3) is 5.91 Å². The van der Waals surface area contributed by atoms with Crippen molar-refractivity contribution in [3.63, 3.8) is 0 Å². The monoisotopic (exact) mass is 383 g/mol. The van der Waals surface area contributed by atoms with E-state index in [0.29, 0.717) is 48.7 Å². The number of halogens is 1. The lowest BCUT2D eigenvalue weighted by Gasteiger charge is -2.34. The first-order valence-electron chi connectivity index (χ1n) is 8.62. The summed E-state index contributed by atoms with van der Waals surface area (Å²) in [5.74, 6) is 1.60. The molecular formula is C19H18ClN5O2. The van der Waals surface area contributed by atoms with E-state index in [-0.39, 0.29) is 5.91 Å². The average Bonchev–Trinajstić information content (AvgIpc) is 3.23. The van der Waals surface area contributed by atoms with Crippen LogP contribution in [0, 0.1) is 0 Å².